The van der Waals surface area contributed by atoms with Crippen molar-refractivity contribution in [1.29, 1.82) is 5.41 Å². The minimum Gasteiger partial charge on any atom is -0.485 e. The lowest BCUT2D eigenvalue weighted by atomic mass is 9.84. The summed E-state index contributed by atoms with van der Waals surface area (Å²) in [6.07, 6.45) is 2.16. The number of aromatic nitrogens is 1. The Kier molecular flexibility index (Phi) is 9.16. The molecule has 1 aromatic carbocycles. The van der Waals surface area contributed by atoms with E-state index < -0.39 is 57.2 Å². The first-order chi connectivity index (χ1) is 22.4. The van der Waals surface area contributed by atoms with Crippen LogP contribution in [-0.2, 0) is 40.3 Å². The Labute approximate surface area is 279 Å². The van der Waals surface area contributed by atoms with Crippen molar-refractivity contribution in [2.75, 3.05) is 12.3 Å². The summed E-state index contributed by atoms with van der Waals surface area (Å²) in [4.78, 5) is 48.3. The van der Waals surface area contributed by atoms with Crippen LogP contribution < -0.4 is 26.8 Å². The average molecular weight is 709 g/mol. The molecule has 1 saturated carbocycles. The van der Waals surface area contributed by atoms with E-state index in [9.17, 15) is 27.9 Å². The van der Waals surface area contributed by atoms with Gasteiger partial charge in [-0.25, -0.2) is 9.78 Å². The van der Waals surface area contributed by atoms with Crippen LogP contribution in [0.4, 0.5) is 5.13 Å². The van der Waals surface area contributed by atoms with Crippen LogP contribution in [0, 0.1) is 5.41 Å². The number of thiazole rings is 1. The quantitative estimate of drug-likeness (QED) is 0.0485. The van der Waals surface area contributed by atoms with Crippen molar-refractivity contribution in [1.82, 2.24) is 20.7 Å². The number of nitrogens with two attached hydrogens (primary N) is 2. The predicted octanol–water partition coefficient (Wildman–Crippen LogP) is 0.319. The number of ether oxygens (including phenoxy) is 1. The maximum atomic E-state index is 13.4. The fourth-order valence-corrected chi connectivity index (χ4v) is 6.53. The standard InChI is InChI=1S/C28H36N8O10S2/c1-26(2)20(23(38)36(26)46-48(41,42)43)33-22(37)19(16-13-47-25(31)32-16)35-45-27(3,24(39)40)18-7-5-14-12-15(4-6-17(14)44-18)21(30)34-28(8-9-28)10-11-29/h4,6,12-13,18,20H,5,7-11,29H2,1-3H3,(H2,30,34)(H2,31,32)(H,33,37)(H,39,40)(H,41,42,43)/b35-19-/t18-,20-,27?/m1/s1. The number of hydrogen-bond acceptors (Lipinski definition) is 14. The molecule has 5 rings (SSSR count). The van der Waals surface area contributed by atoms with Crippen LogP contribution in [0.15, 0.2) is 28.7 Å². The minimum absolute atomic E-state index is 0.0563. The lowest BCUT2D eigenvalue weighted by Crippen LogP contribution is -2.76. The first-order valence-electron chi connectivity index (χ1n) is 14.8. The van der Waals surface area contributed by atoms with E-state index in [1.807, 2.05) is 6.07 Å². The zero-order valence-electron chi connectivity index (χ0n) is 26.2. The number of oxime groups is 1. The van der Waals surface area contributed by atoms with Gasteiger partial charge in [0.25, 0.3) is 17.4 Å². The Balaban J connectivity index is 1.34. The summed E-state index contributed by atoms with van der Waals surface area (Å²) >= 11 is 0.962. The molecule has 0 bridgehead atoms. The number of nitrogens with zero attached hydrogens (tertiary/aromatic N) is 3. The van der Waals surface area contributed by atoms with Crippen molar-refractivity contribution in [3.05, 3.63) is 40.4 Å². The van der Waals surface area contributed by atoms with E-state index in [0.717, 1.165) is 36.2 Å². The minimum atomic E-state index is -5.03. The number of carbonyl (C=O) groups excluding carboxylic acids is 2. The lowest BCUT2D eigenvalue weighted by molar-refractivity contribution is -0.218. The number of benzene rings is 1. The van der Waals surface area contributed by atoms with Gasteiger partial charge in [-0.15, -0.1) is 15.6 Å². The Morgan fingerprint density at radius 2 is 2.04 bits per heavy atom. The molecule has 2 aromatic rings. The van der Waals surface area contributed by atoms with Crippen molar-refractivity contribution in [3.8, 4) is 5.75 Å². The van der Waals surface area contributed by atoms with Crippen molar-refractivity contribution in [2.24, 2.45) is 10.9 Å². The van der Waals surface area contributed by atoms with E-state index in [-0.39, 0.29) is 28.6 Å². The molecule has 1 aromatic heterocycles. The molecule has 0 spiro atoms. The summed E-state index contributed by atoms with van der Waals surface area (Å²) in [7, 11) is -5.03. The van der Waals surface area contributed by atoms with Gasteiger partial charge in [-0.2, -0.15) is 13.5 Å². The topological polar surface area (TPSA) is 282 Å². The molecule has 1 saturated heterocycles. The second-order valence-corrected chi connectivity index (χ2v) is 14.4. The van der Waals surface area contributed by atoms with Gasteiger partial charge < -0.3 is 36.8 Å². The third-order valence-corrected chi connectivity index (χ3v) is 9.64. The maximum absolute atomic E-state index is 13.4. The molecule has 260 valence electrons. The molecule has 9 N–H and O–H groups in total. The number of fused-ring (bicyclic) bond motifs is 1. The van der Waals surface area contributed by atoms with Gasteiger partial charge in [0, 0.05) is 16.5 Å². The number of nitrogens with one attached hydrogen (secondary N) is 3. The Morgan fingerprint density at radius 1 is 1.33 bits per heavy atom. The monoisotopic (exact) mass is 708 g/mol. The molecule has 1 aliphatic carbocycles. The highest BCUT2D eigenvalue weighted by Crippen LogP contribution is 2.39. The first-order valence-corrected chi connectivity index (χ1v) is 17.0. The van der Waals surface area contributed by atoms with Gasteiger partial charge in [0.1, 0.15) is 23.3 Å². The number of β-lactam (4-membered cyclic amide) rings is 1. The Hall–Kier alpha value is -4.37. The number of anilines is 1. The number of amides is 2. The van der Waals surface area contributed by atoms with Crippen molar-refractivity contribution >= 4 is 56.2 Å². The molecular formula is C28H36N8O10S2. The van der Waals surface area contributed by atoms with Gasteiger partial charge in [-0.3, -0.25) is 19.6 Å². The zero-order chi connectivity index (χ0) is 35.2. The van der Waals surface area contributed by atoms with Crippen LogP contribution in [0.5, 0.6) is 5.75 Å². The first kappa shape index (κ1) is 35.0. The van der Waals surface area contributed by atoms with Gasteiger partial charge in [-0.05, 0) is 83.2 Å². The summed E-state index contributed by atoms with van der Waals surface area (Å²) < 4.78 is 41.7. The second kappa shape index (κ2) is 12.6. The fourth-order valence-electron chi connectivity index (χ4n) is 5.53. The number of carboxylic acid groups (broad SMARTS) is 1. The van der Waals surface area contributed by atoms with Crippen molar-refractivity contribution in [3.63, 3.8) is 0 Å². The number of carboxylic acids is 1. The van der Waals surface area contributed by atoms with Crippen LogP contribution in [0.1, 0.15) is 63.3 Å². The number of carbonyl (C=O) groups is 3. The molecule has 3 aliphatic rings. The number of nitrogen functional groups attached to an aromatic ring is 1. The molecule has 0 radical (unpaired) electrons. The van der Waals surface area contributed by atoms with Gasteiger partial charge in [0.2, 0.25) is 0 Å². The van der Waals surface area contributed by atoms with E-state index in [1.54, 1.807) is 12.1 Å². The van der Waals surface area contributed by atoms with E-state index in [0.29, 0.717) is 29.3 Å². The largest absolute Gasteiger partial charge is 0.485 e. The molecule has 2 amide bonds. The molecule has 48 heavy (non-hydrogen) atoms. The Bertz CT molecular complexity index is 1790. The van der Waals surface area contributed by atoms with E-state index in [2.05, 4.69) is 25.1 Å². The highest BCUT2D eigenvalue weighted by molar-refractivity contribution is 7.80. The molecule has 3 heterocycles. The smallest absolute Gasteiger partial charge is 0.418 e. The summed E-state index contributed by atoms with van der Waals surface area (Å²) in [5.74, 6) is -2.80. The van der Waals surface area contributed by atoms with E-state index >= 15 is 0 Å². The van der Waals surface area contributed by atoms with Gasteiger partial charge in [0.15, 0.2) is 16.9 Å². The normalized spacial score (nSPS) is 22.3. The molecular weight excluding hydrogens is 672 g/mol. The van der Waals surface area contributed by atoms with E-state index in [4.69, 9.17) is 31.0 Å². The highest BCUT2D eigenvalue weighted by atomic mass is 32.3. The summed E-state index contributed by atoms with van der Waals surface area (Å²) in [5.41, 5.74) is 8.58. The van der Waals surface area contributed by atoms with Crippen molar-refractivity contribution < 1.29 is 46.3 Å². The van der Waals surface area contributed by atoms with Crippen LogP contribution in [0.25, 0.3) is 0 Å². The maximum Gasteiger partial charge on any atom is 0.418 e. The number of rotatable bonds is 13. The van der Waals surface area contributed by atoms with Gasteiger partial charge in [0.05, 0.1) is 5.54 Å². The fraction of sp³-hybridized carbons (Fsp3) is 0.500. The number of aliphatic carboxylic acids is 1. The molecule has 1 unspecified atom stereocenters. The molecule has 18 nitrogen and oxygen atoms in total. The molecule has 3 atom stereocenters. The third kappa shape index (κ3) is 6.92. The number of amidine groups is 1. The second-order valence-electron chi connectivity index (χ2n) is 12.5. The summed E-state index contributed by atoms with van der Waals surface area (Å²) in [6, 6.07) is 3.84. The Morgan fingerprint density at radius 3 is 2.60 bits per heavy atom. The number of hydrogen-bond donors (Lipinski definition) is 7. The lowest BCUT2D eigenvalue weighted by Gasteiger charge is -2.50. The van der Waals surface area contributed by atoms with E-state index in [1.165, 1.54) is 26.2 Å². The summed E-state index contributed by atoms with van der Waals surface area (Å²) in [6.45, 7) is 4.49. The molecule has 20 heteroatoms. The average Bonchev–Trinajstić information content (AvgIpc) is 3.64. The highest BCUT2D eigenvalue weighted by Gasteiger charge is 2.58. The molecule has 2 fully saturated rings. The van der Waals surface area contributed by atoms with Gasteiger partial charge >= 0.3 is 16.4 Å². The van der Waals surface area contributed by atoms with Crippen LogP contribution in [-0.4, -0.2) is 92.8 Å². The third-order valence-electron chi connectivity index (χ3n) is 8.63. The molecule has 2 aliphatic heterocycles. The SMILES string of the molecule is CC(O/N=C(\C(=O)N[C@@H]1C(=O)N(OS(=O)(=O)O)C1(C)C)c1csc(N)n1)(C(=O)O)[C@H]1CCc2cc(C(=N)NC3(CCN)CC3)ccc2O1. The van der Waals surface area contributed by atoms with Crippen LogP contribution in [0.2, 0.25) is 0 Å². The predicted molar refractivity (Wildman–Crippen MR) is 170 cm³/mol. The summed E-state index contributed by atoms with van der Waals surface area (Å²) in [5, 5.41) is 30.2. The number of aryl methyl sites for hydroxylation is 1. The van der Waals surface area contributed by atoms with Crippen LogP contribution in [0.3, 0.4) is 0 Å². The van der Waals surface area contributed by atoms with Crippen LogP contribution >= 0.6 is 11.3 Å². The van der Waals surface area contributed by atoms with Gasteiger partial charge in [-0.1, -0.05) is 5.16 Å². The number of hydroxylamine groups is 2. The van der Waals surface area contributed by atoms with Crippen molar-refractivity contribution in [2.45, 2.75) is 81.7 Å². The zero-order valence-corrected chi connectivity index (χ0v) is 27.8.